The second-order valence-corrected chi connectivity index (χ2v) is 7.10. The van der Waals surface area contributed by atoms with Crippen LogP contribution in [-0.4, -0.2) is 11.0 Å². The van der Waals surface area contributed by atoms with Crippen LogP contribution in [0, 0.1) is 0 Å². The molecule has 0 aromatic heterocycles. The van der Waals surface area contributed by atoms with Gasteiger partial charge in [-0.15, -0.1) is 0 Å². The summed E-state index contributed by atoms with van der Waals surface area (Å²) >= 11 is 23.8. The number of hydrogen-bond acceptors (Lipinski definition) is 3. The number of ether oxygens (including phenoxy) is 1. The number of carbonyl (C=O) groups is 1. The van der Waals surface area contributed by atoms with Crippen molar-refractivity contribution in [1.29, 1.82) is 0 Å². The van der Waals surface area contributed by atoms with Crippen LogP contribution in [0.2, 0.25) is 20.1 Å². The van der Waals surface area contributed by atoms with Crippen molar-refractivity contribution in [3.8, 4) is 17.2 Å². The number of halogens is 4. The van der Waals surface area contributed by atoms with Gasteiger partial charge in [0.25, 0.3) is 5.91 Å². The quantitative estimate of drug-likeness (QED) is 0.455. The van der Waals surface area contributed by atoms with Gasteiger partial charge in [0.1, 0.15) is 11.5 Å². The zero-order valence-electron chi connectivity index (χ0n) is 13.5. The molecule has 3 aromatic rings. The number of nitrogens with one attached hydrogen (secondary N) is 1. The summed E-state index contributed by atoms with van der Waals surface area (Å²) in [5, 5.41) is 13.7. The number of amides is 1. The molecule has 1 amide bonds. The molecule has 0 aliphatic rings. The van der Waals surface area contributed by atoms with E-state index in [1.165, 1.54) is 12.1 Å². The smallest absolute Gasteiger partial charge is 0.259 e. The molecule has 27 heavy (non-hydrogen) atoms. The highest BCUT2D eigenvalue weighted by atomic mass is 35.5. The Labute approximate surface area is 175 Å². The standard InChI is InChI=1S/C19H11Cl4NO3/c20-10-5-6-16(13(22)8-10)27-17-4-2-1-3-15(17)24-19(26)12-7-11(21)9-14(23)18(12)25/h1-9,25H,(H,24,26). The van der Waals surface area contributed by atoms with Gasteiger partial charge in [0.05, 0.1) is 21.3 Å². The second-order valence-electron chi connectivity index (χ2n) is 5.41. The van der Waals surface area contributed by atoms with Gasteiger partial charge in [0.15, 0.2) is 5.75 Å². The van der Waals surface area contributed by atoms with Crippen LogP contribution in [0.25, 0.3) is 0 Å². The fourth-order valence-corrected chi connectivity index (χ4v) is 3.20. The molecule has 0 unspecified atom stereocenters. The van der Waals surface area contributed by atoms with E-state index in [4.69, 9.17) is 51.1 Å². The van der Waals surface area contributed by atoms with Gasteiger partial charge in [-0.25, -0.2) is 0 Å². The van der Waals surface area contributed by atoms with Gasteiger partial charge in [0.2, 0.25) is 0 Å². The molecule has 0 bridgehead atoms. The minimum Gasteiger partial charge on any atom is -0.506 e. The first kappa shape index (κ1) is 19.6. The maximum atomic E-state index is 12.6. The summed E-state index contributed by atoms with van der Waals surface area (Å²) in [7, 11) is 0. The molecule has 0 aliphatic heterocycles. The molecule has 0 saturated heterocycles. The average molecular weight is 443 g/mol. The number of anilines is 1. The lowest BCUT2D eigenvalue weighted by Gasteiger charge is -2.14. The highest BCUT2D eigenvalue weighted by Gasteiger charge is 2.17. The van der Waals surface area contributed by atoms with Crippen molar-refractivity contribution >= 4 is 58.0 Å². The molecule has 0 fully saturated rings. The Balaban J connectivity index is 1.89. The van der Waals surface area contributed by atoms with Gasteiger partial charge >= 0.3 is 0 Å². The highest BCUT2D eigenvalue weighted by molar-refractivity contribution is 6.36. The topological polar surface area (TPSA) is 58.6 Å². The fourth-order valence-electron chi connectivity index (χ4n) is 2.26. The number of phenols is 1. The first-order chi connectivity index (χ1) is 12.8. The Hall–Kier alpha value is -2.11. The molecule has 0 radical (unpaired) electrons. The first-order valence-corrected chi connectivity index (χ1v) is 9.07. The van der Waals surface area contributed by atoms with Crippen molar-refractivity contribution in [3.05, 3.63) is 80.3 Å². The number of hydrogen-bond donors (Lipinski definition) is 2. The molecule has 138 valence electrons. The Morgan fingerprint density at radius 2 is 1.56 bits per heavy atom. The number of benzene rings is 3. The third-order valence-corrected chi connectivity index (χ3v) is 4.56. The van der Waals surface area contributed by atoms with Crippen molar-refractivity contribution < 1.29 is 14.6 Å². The maximum absolute atomic E-state index is 12.6. The minimum absolute atomic E-state index is 0.0230. The van der Waals surface area contributed by atoms with E-state index in [1.807, 2.05) is 0 Å². The Bertz CT molecular complexity index is 1020. The van der Waals surface area contributed by atoms with E-state index in [0.29, 0.717) is 27.2 Å². The van der Waals surface area contributed by atoms with E-state index in [2.05, 4.69) is 5.32 Å². The van der Waals surface area contributed by atoms with Crippen LogP contribution >= 0.6 is 46.4 Å². The molecule has 3 rings (SSSR count). The molecular formula is C19H11Cl4NO3. The monoisotopic (exact) mass is 441 g/mol. The van der Waals surface area contributed by atoms with Gasteiger partial charge < -0.3 is 15.2 Å². The summed E-state index contributed by atoms with van der Waals surface area (Å²) in [5.74, 6) is -0.244. The SMILES string of the molecule is O=C(Nc1ccccc1Oc1ccc(Cl)cc1Cl)c1cc(Cl)cc(Cl)c1O. The molecule has 0 spiro atoms. The average Bonchev–Trinajstić information content (AvgIpc) is 2.62. The van der Waals surface area contributed by atoms with Gasteiger partial charge in [-0.2, -0.15) is 0 Å². The molecule has 0 aliphatic carbocycles. The van der Waals surface area contributed by atoms with Crippen LogP contribution < -0.4 is 10.1 Å². The summed E-state index contributed by atoms with van der Waals surface area (Å²) < 4.78 is 5.79. The molecule has 0 heterocycles. The van der Waals surface area contributed by atoms with Gasteiger partial charge in [-0.1, -0.05) is 58.5 Å². The van der Waals surface area contributed by atoms with Gasteiger partial charge in [-0.3, -0.25) is 4.79 Å². The second kappa shape index (κ2) is 8.28. The van der Waals surface area contributed by atoms with E-state index in [9.17, 15) is 9.90 Å². The summed E-state index contributed by atoms with van der Waals surface area (Å²) in [6, 6.07) is 14.2. The molecule has 0 atom stereocenters. The van der Waals surface area contributed by atoms with Crippen LogP contribution in [0.1, 0.15) is 10.4 Å². The molecule has 2 N–H and O–H groups in total. The van der Waals surface area contributed by atoms with Crippen molar-refractivity contribution in [2.75, 3.05) is 5.32 Å². The number of rotatable bonds is 4. The van der Waals surface area contributed by atoms with Crippen molar-refractivity contribution in [2.24, 2.45) is 0 Å². The molecule has 3 aromatic carbocycles. The third kappa shape index (κ3) is 4.60. The lowest BCUT2D eigenvalue weighted by atomic mass is 10.1. The summed E-state index contributed by atoms with van der Waals surface area (Å²) in [6.45, 7) is 0. The van der Waals surface area contributed by atoms with Gasteiger partial charge in [-0.05, 0) is 42.5 Å². The van der Waals surface area contributed by atoms with Gasteiger partial charge in [0, 0.05) is 10.0 Å². The van der Waals surface area contributed by atoms with E-state index in [0.717, 1.165) is 0 Å². The lowest BCUT2D eigenvalue weighted by molar-refractivity contribution is 0.102. The zero-order chi connectivity index (χ0) is 19.6. The Morgan fingerprint density at radius 1 is 0.852 bits per heavy atom. The van der Waals surface area contributed by atoms with Crippen LogP contribution in [0.4, 0.5) is 5.69 Å². The largest absolute Gasteiger partial charge is 0.506 e. The molecule has 4 nitrogen and oxygen atoms in total. The molecule has 8 heteroatoms. The minimum atomic E-state index is -0.602. The van der Waals surface area contributed by atoms with Crippen LogP contribution in [0.3, 0.4) is 0 Å². The van der Waals surface area contributed by atoms with Crippen molar-refractivity contribution in [3.63, 3.8) is 0 Å². The number of carbonyl (C=O) groups excluding carboxylic acids is 1. The zero-order valence-corrected chi connectivity index (χ0v) is 16.5. The maximum Gasteiger partial charge on any atom is 0.259 e. The summed E-state index contributed by atoms with van der Waals surface area (Å²) in [6.07, 6.45) is 0. The predicted molar refractivity (Wildman–Crippen MR) is 109 cm³/mol. The van der Waals surface area contributed by atoms with E-state index >= 15 is 0 Å². The van der Waals surface area contributed by atoms with Crippen molar-refractivity contribution in [1.82, 2.24) is 0 Å². The van der Waals surface area contributed by atoms with Crippen LogP contribution in [0.5, 0.6) is 17.2 Å². The number of aromatic hydroxyl groups is 1. The summed E-state index contributed by atoms with van der Waals surface area (Å²) in [5.41, 5.74) is 0.302. The van der Waals surface area contributed by atoms with E-state index in [-0.39, 0.29) is 21.4 Å². The fraction of sp³-hybridized carbons (Fsp3) is 0. The Morgan fingerprint density at radius 3 is 2.30 bits per heavy atom. The van der Waals surface area contributed by atoms with E-state index < -0.39 is 5.91 Å². The highest BCUT2D eigenvalue weighted by Crippen LogP contribution is 2.36. The number of para-hydroxylation sites is 2. The van der Waals surface area contributed by atoms with Crippen LogP contribution in [-0.2, 0) is 0 Å². The third-order valence-electron chi connectivity index (χ3n) is 3.52. The normalized spacial score (nSPS) is 10.5. The number of phenolic OH excluding ortho intramolecular Hbond substituents is 1. The van der Waals surface area contributed by atoms with Crippen LogP contribution in [0.15, 0.2) is 54.6 Å². The molecule has 0 saturated carbocycles. The van der Waals surface area contributed by atoms with E-state index in [1.54, 1.807) is 42.5 Å². The lowest BCUT2D eigenvalue weighted by Crippen LogP contribution is -2.13. The predicted octanol–water partition coefficient (Wildman–Crippen LogP) is 7.05. The Kier molecular flexibility index (Phi) is 6.02. The van der Waals surface area contributed by atoms with Crippen molar-refractivity contribution in [2.45, 2.75) is 0 Å². The molecular weight excluding hydrogens is 432 g/mol. The first-order valence-electron chi connectivity index (χ1n) is 7.56. The summed E-state index contributed by atoms with van der Waals surface area (Å²) in [4.78, 5) is 12.6.